The summed E-state index contributed by atoms with van der Waals surface area (Å²) >= 11 is 3.61. The van der Waals surface area contributed by atoms with Crippen LogP contribution in [0, 0.1) is 0 Å². The highest BCUT2D eigenvalue weighted by molar-refractivity contribution is 9.11. The molecule has 0 atom stereocenters. The van der Waals surface area contributed by atoms with Gasteiger partial charge in [0.05, 0.1) is 16.2 Å². The number of allylic oxidation sites excluding steroid dienone is 2. The first-order valence-electron chi connectivity index (χ1n) is 12.3. The molecule has 184 valence electrons. The summed E-state index contributed by atoms with van der Waals surface area (Å²) in [6, 6.07) is 22.8. The maximum atomic E-state index is 10.4. The van der Waals surface area contributed by atoms with E-state index in [9.17, 15) is 5.11 Å². The number of para-hydroxylation sites is 1. The van der Waals surface area contributed by atoms with E-state index in [0.29, 0.717) is 0 Å². The Labute approximate surface area is 221 Å². The lowest BCUT2D eigenvalue weighted by molar-refractivity contribution is 0.206. The van der Waals surface area contributed by atoms with Crippen molar-refractivity contribution in [2.45, 2.75) is 25.4 Å². The van der Waals surface area contributed by atoms with E-state index in [0.717, 1.165) is 59.9 Å². The van der Waals surface area contributed by atoms with Crippen molar-refractivity contribution < 1.29 is 5.11 Å². The maximum Gasteiger partial charge on any atom is 0.131 e. The van der Waals surface area contributed by atoms with Gasteiger partial charge in [-0.3, -0.25) is 9.89 Å². The van der Waals surface area contributed by atoms with Crippen molar-refractivity contribution in [3.63, 3.8) is 0 Å². The Balaban J connectivity index is 1.35. The van der Waals surface area contributed by atoms with Gasteiger partial charge in [0.25, 0.3) is 0 Å². The van der Waals surface area contributed by atoms with Crippen LogP contribution in [0.1, 0.15) is 24.0 Å². The summed E-state index contributed by atoms with van der Waals surface area (Å²) in [6.45, 7) is 6.90. The summed E-state index contributed by atoms with van der Waals surface area (Å²) in [5.74, 6) is 1.95. The molecule has 6 heteroatoms. The van der Waals surface area contributed by atoms with Crippen molar-refractivity contribution in [2.24, 2.45) is 4.99 Å². The van der Waals surface area contributed by atoms with Crippen molar-refractivity contribution >= 4 is 38.2 Å². The topological polar surface area (TPSA) is 51.1 Å². The predicted molar refractivity (Wildman–Crippen MR) is 153 cm³/mol. The van der Waals surface area contributed by atoms with Gasteiger partial charge in [0.1, 0.15) is 17.4 Å². The number of aromatic hydroxyl groups is 1. The molecule has 2 aliphatic heterocycles. The number of benzene rings is 3. The number of phenols is 1. The second-order valence-corrected chi connectivity index (χ2v) is 10.1. The Kier molecular flexibility index (Phi) is 7.25. The number of likely N-dealkylation sites (tertiary alicyclic amines) is 1. The molecule has 3 aromatic carbocycles. The SMILES string of the molecule is C=C/C(Br)=C1/NC(c2ccccc2O)=CC(=NC2CCN(Cc3cccc4ccccc34)CC2)N1C. The summed E-state index contributed by atoms with van der Waals surface area (Å²) < 4.78 is 0.837. The number of amidine groups is 1. The van der Waals surface area contributed by atoms with Crippen LogP contribution in [0.15, 0.2) is 101 Å². The van der Waals surface area contributed by atoms with Crippen LogP contribution in [0.4, 0.5) is 0 Å². The van der Waals surface area contributed by atoms with Crippen molar-refractivity contribution in [2.75, 3.05) is 20.1 Å². The van der Waals surface area contributed by atoms with Gasteiger partial charge >= 0.3 is 0 Å². The fourth-order valence-corrected chi connectivity index (χ4v) is 5.30. The Bertz CT molecular complexity index is 1360. The molecule has 0 bridgehead atoms. The molecular formula is C30H31BrN4O. The molecule has 0 saturated carbocycles. The molecule has 0 spiro atoms. The highest BCUT2D eigenvalue weighted by atomic mass is 79.9. The number of rotatable bonds is 5. The van der Waals surface area contributed by atoms with Gasteiger partial charge < -0.3 is 15.3 Å². The van der Waals surface area contributed by atoms with Crippen molar-refractivity contribution in [1.29, 1.82) is 0 Å². The minimum absolute atomic E-state index is 0.232. The van der Waals surface area contributed by atoms with Gasteiger partial charge in [0.15, 0.2) is 0 Å². The Morgan fingerprint density at radius 3 is 2.58 bits per heavy atom. The molecule has 36 heavy (non-hydrogen) atoms. The van der Waals surface area contributed by atoms with Crippen molar-refractivity contribution in [3.8, 4) is 5.75 Å². The third kappa shape index (κ3) is 5.11. The second kappa shape index (κ2) is 10.7. The maximum absolute atomic E-state index is 10.4. The summed E-state index contributed by atoms with van der Waals surface area (Å²) in [7, 11) is 2.00. The number of piperidine rings is 1. The minimum atomic E-state index is 0.232. The van der Waals surface area contributed by atoms with E-state index in [2.05, 4.69) is 75.2 Å². The lowest BCUT2D eigenvalue weighted by Gasteiger charge is -2.34. The number of hydrogen-bond donors (Lipinski definition) is 2. The molecule has 2 N–H and O–H groups in total. The molecule has 1 saturated heterocycles. The molecule has 0 amide bonds. The molecule has 3 aromatic rings. The second-order valence-electron chi connectivity index (χ2n) is 9.29. The zero-order valence-electron chi connectivity index (χ0n) is 20.5. The van der Waals surface area contributed by atoms with Gasteiger partial charge in [-0.2, -0.15) is 0 Å². The van der Waals surface area contributed by atoms with Crippen LogP contribution in [-0.2, 0) is 6.54 Å². The molecule has 0 aliphatic carbocycles. The fraction of sp³-hybridized carbons (Fsp3) is 0.233. The molecule has 0 aromatic heterocycles. The first kappa shape index (κ1) is 24.3. The Morgan fingerprint density at radius 2 is 1.81 bits per heavy atom. The predicted octanol–water partition coefficient (Wildman–Crippen LogP) is 6.23. The summed E-state index contributed by atoms with van der Waals surface area (Å²) in [5, 5.41) is 16.5. The average Bonchev–Trinajstić information content (AvgIpc) is 2.91. The number of hydrogen-bond acceptors (Lipinski definition) is 4. The van der Waals surface area contributed by atoms with Crippen LogP contribution < -0.4 is 5.32 Å². The number of fused-ring (bicyclic) bond motifs is 1. The van der Waals surface area contributed by atoms with Gasteiger partial charge in [-0.1, -0.05) is 67.3 Å². The number of nitrogens with one attached hydrogen (secondary N) is 1. The number of likely N-dealkylation sites (N-methyl/N-ethyl adjacent to an activating group) is 1. The largest absolute Gasteiger partial charge is 0.507 e. The van der Waals surface area contributed by atoms with Gasteiger partial charge in [-0.25, -0.2) is 0 Å². The van der Waals surface area contributed by atoms with Crippen LogP contribution in [-0.4, -0.2) is 46.9 Å². The van der Waals surface area contributed by atoms with Crippen LogP contribution in [0.2, 0.25) is 0 Å². The summed E-state index contributed by atoms with van der Waals surface area (Å²) in [6.07, 6.45) is 5.80. The lowest BCUT2D eigenvalue weighted by Crippen LogP contribution is -2.40. The molecule has 0 radical (unpaired) electrons. The highest BCUT2D eigenvalue weighted by Gasteiger charge is 2.25. The quantitative estimate of drug-likeness (QED) is 0.401. The van der Waals surface area contributed by atoms with Crippen LogP contribution in [0.25, 0.3) is 16.5 Å². The van der Waals surface area contributed by atoms with Gasteiger partial charge in [0.2, 0.25) is 0 Å². The third-order valence-electron chi connectivity index (χ3n) is 6.95. The van der Waals surface area contributed by atoms with Crippen molar-refractivity contribution in [3.05, 3.63) is 107 Å². The zero-order chi connectivity index (χ0) is 25.1. The zero-order valence-corrected chi connectivity index (χ0v) is 22.1. The number of halogens is 1. The summed E-state index contributed by atoms with van der Waals surface area (Å²) in [5.41, 5.74) is 2.94. The number of nitrogens with zero attached hydrogens (tertiary/aromatic N) is 3. The van der Waals surface area contributed by atoms with E-state index in [1.54, 1.807) is 12.1 Å². The molecule has 5 nitrogen and oxygen atoms in total. The summed E-state index contributed by atoms with van der Waals surface area (Å²) in [4.78, 5) is 9.74. The standard InChI is InChI=1S/C30H31BrN4O/c1-3-26(31)30-33-27(25-13-6-7-14-28(25)36)19-29(34(30)2)32-23-15-17-35(18-16-23)20-22-11-8-10-21-9-4-5-12-24(21)22/h3-14,19,23,33,36H,1,15-18,20H2,2H3/b30-26+,32-29?. The van der Waals surface area contributed by atoms with E-state index in [-0.39, 0.29) is 11.8 Å². The Hall–Kier alpha value is -3.35. The third-order valence-corrected chi connectivity index (χ3v) is 7.65. The van der Waals surface area contributed by atoms with E-state index >= 15 is 0 Å². The van der Waals surface area contributed by atoms with E-state index in [1.807, 2.05) is 36.2 Å². The van der Waals surface area contributed by atoms with E-state index in [4.69, 9.17) is 4.99 Å². The lowest BCUT2D eigenvalue weighted by atomic mass is 10.0. The van der Waals surface area contributed by atoms with E-state index in [1.165, 1.54) is 16.3 Å². The van der Waals surface area contributed by atoms with Gasteiger partial charge in [-0.15, -0.1) is 0 Å². The molecular weight excluding hydrogens is 512 g/mol. The molecule has 1 fully saturated rings. The molecule has 2 heterocycles. The molecule has 5 rings (SSSR count). The van der Waals surface area contributed by atoms with E-state index < -0.39 is 0 Å². The minimum Gasteiger partial charge on any atom is -0.507 e. The number of aliphatic imine (C=N–C) groups is 1. The first-order valence-corrected chi connectivity index (χ1v) is 13.1. The average molecular weight is 544 g/mol. The van der Waals surface area contributed by atoms with Gasteiger partial charge in [-0.05, 0) is 57.2 Å². The highest BCUT2D eigenvalue weighted by Crippen LogP contribution is 2.30. The molecule has 0 unspecified atom stereocenters. The smallest absolute Gasteiger partial charge is 0.131 e. The Morgan fingerprint density at radius 1 is 1.08 bits per heavy atom. The van der Waals surface area contributed by atoms with Crippen molar-refractivity contribution in [1.82, 2.24) is 15.1 Å². The normalized spacial score (nSPS) is 19.8. The van der Waals surface area contributed by atoms with Crippen LogP contribution in [0.5, 0.6) is 5.75 Å². The fourth-order valence-electron chi connectivity index (χ4n) is 4.94. The molecule has 2 aliphatic rings. The monoisotopic (exact) mass is 542 g/mol. The number of phenolic OH excluding ortho intramolecular Hbond substituents is 1. The van der Waals surface area contributed by atoms with Gasteiger partial charge in [0, 0.05) is 38.3 Å². The van der Waals surface area contributed by atoms with Crippen LogP contribution >= 0.6 is 15.9 Å². The van der Waals surface area contributed by atoms with Crippen LogP contribution in [0.3, 0.4) is 0 Å². The first-order chi connectivity index (χ1) is 17.5.